The van der Waals surface area contributed by atoms with Gasteiger partial charge in [-0.05, 0) is 75.9 Å². The topological polar surface area (TPSA) is 58.1 Å². The van der Waals surface area contributed by atoms with Crippen molar-refractivity contribution in [1.82, 2.24) is 15.5 Å². The zero-order valence-electron chi connectivity index (χ0n) is 18.5. The quantitative estimate of drug-likeness (QED) is 0.213. The third-order valence-corrected chi connectivity index (χ3v) is 5.28. The second kappa shape index (κ2) is 14.7. The van der Waals surface area contributed by atoms with E-state index in [1.54, 1.807) is 14.2 Å². The lowest BCUT2D eigenvalue weighted by atomic mass is 9.99. The van der Waals surface area contributed by atoms with E-state index in [1.165, 1.54) is 38.9 Å². The van der Waals surface area contributed by atoms with Crippen LogP contribution in [0.15, 0.2) is 23.2 Å². The molecule has 1 fully saturated rings. The molecule has 1 aliphatic heterocycles. The number of halogens is 1. The molecule has 1 heterocycles. The van der Waals surface area contributed by atoms with Gasteiger partial charge in [-0.2, -0.15) is 0 Å². The van der Waals surface area contributed by atoms with Gasteiger partial charge < -0.3 is 25.0 Å². The summed E-state index contributed by atoms with van der Waals surface area (Å²) in [5.41, 5.74) is 1.09. The number of hydrogen-bond donors (Lipinski definition) is 2. The molecule has 1 aromatic carbocycles. The monoisotopic (exact) mass is 518 g/mol. The van der Waals surface area contributed by atoms with Crippen LogP contribution in [0.2, 0.25) is 0 Å². The molecule has 0 aromatic heterocycles. The lowest BCUT2D eigenvalue weighted by Gasteiger charge is -2.30. The van der Waals surface area contributed by atoms with Gasteiger partial charge in [0.05, 0.1) is 20.8 Å². The Morgan fingerprint density at radius 2 is 1.83 bits per heavy atom. The molecule has 1 saturated heterocycles. The van der Waals surface area contributed by atoms with E-state index < -0.39 is 0 Å². The molecule has 2 N–H and O–H groups in total. The molecule has 0 saturated carbocycles. The Bertz CT molecular complexity index is 604. The Morgan fingerprint density at radius 3 is 2.48 bits per heavy atom. The number of hydrogen-bond acceptors (Lipinski definition) is 4. The van der Waals surface area contributed by atoms with Gasteiger partial charge in [0, 0.05) is 13.1 Å². The highest BCUT2D eigenvalue weighted by atomic mass is 127. The first-order chi connectivity index (χ1) is 13.7. The second-order valence-electron chi connectivity index (χ2n) is 7.54. The van der Waals surface area contributed by atoms with Crippen LogP contribution in [0.4, 0.5) is 0 Å². The van der Waals surface area contributed by atoms with E-state index in [2.05, 4.69) is 29.4 Å². The van der Waals surface area contributed by atoms with Crippen molar-refractivity contribution >= 4 is 29.9 Å². The van der Waals surface area contributed by atoms with Crippen LogP contribution in [0.1, 0.15) is 45.1 Å². The molecule has 2 rings (SSSR count). The Labute approximate surface area is 193 Å². The van der Waals surface area contributed by atoms with Crippen LogP contribution in [-0.2, 0) is 6.54 Å². The average Bonchev–Trinajstić information content (AvgIpc) is 2.72. The number of guanidine groups is 1. The third kappa shape index (κ3) is 9.42. The van der Waals surface area contributed by atoms with E-state index in [0.717, 1.165) is 48.5 Å². The zero-order valence-corrected chi connectivity index (χ0v) is 20.8. The summed E-state index contributed by atoms with van der Waals surface area (Å²) in [5.74, 6) is 3.25. The standard InChI is InChI=1S/C22H38N4O2.HI/c1-5-23-22(24-12-6-7-13-26-14-10-18(2)11-15-26)25-17-19-8-9-20(27-3)21(16-19)28-4;/h8-9,16,18H,5-7,10-15,17H2,1-4H3,(H2,23,24,25);1H. The van der Waals surface area contributed by atoms with Crippen molar-refractivity contribution in [3.8, 4) is 11.5 Å². The molecule has 0 radical (unpaired) electrons. The summed E-state index contributed by atoms with van der Waals surface area (Å²) >= 11 is 0. The second-order valence-corrected chi connectivity index (χ2v) is 7.54. The first kappa shape index (κ1) is 25.8. The summed E-state index contributed by atoms with van der Waals surface area (Å²) in [4.78, 5) is 7.31. The van der Waals surface area contributed by atoms with E-state index in [4.69, 9.17) is 14.5 Å². The van der Waals surface area contributed by atoms with Crippen molar-refractivity contribution in [1.29, 1.82) is 0 Å². The van der Waals surface area contributed by atoms with Gasteiger partial charge in [0.15, 0.2) is 17.5 Å². The number of benzene rings is 1. The van der Waals surface area contributed by atoms with Crippen molar-refractivity contribution in [3.05, 3.63) is 23.8 Å². The molecular weight excluding hydrogens is 479 g/mol. The summed E-state index contributed by atoms with van der Waals surface area (Å²) in [6.07, 6.45) is 5.10. The van der Waals surface area contributed by atoms with E-state index in [1.807, 2.05) is 18.2 Å². The van der Waals surface area contributed by atoms with E-state index in [9.17, 15) is 0 Å². The Kier molecular flexibility index (Phi) is 13.1. The van der Waals surface area contributed by atoms with Crippen LogP contribution in [0, 0.1) is 5.92 Å². The number of nitrogens with zero attached hydrogens (tertiary/aromatic N) is 2. The van der Waals surface area contributed by atoms with Crippen molar-refractivity contribution in [2.45, 2.75) is 46.1 Å². The molecule has 1 aliphatic rings. The van der Waals surface area contributed by atoms with Gasteiger partial charge in [0.25, 0.3) is 0 Å². The average molecular weight is 518 g/mol. The number of likely N-dealkylation sites (tertiary alicyclic amines) is 1. The van der Waals surface area contributed by atoms with Crippen LogP contribution in [0.5, 0.6) is 11.5 Å². The lowest BCUT2D eigenvalue weighted by molar-refractivity contribution is 0.189. The fourth-order valence-electron chi connectivity index (χ4n) is 3.44. The highest BCUT2D eigenvalue weighted by Gasteiger charge is 2.14. The predicted octanol–water partition coefficient (Wildman–Crippen LogP) is 3.89. The molecule has 6 nitrogen and oxygen atoms in total. The fourth-order valence-corrected chi connectivity index (χ4v) is 3.44. The predicted molar refractivity (Wildman–Crippen MR) is 132 cm³/mol. The summed E-state index contributed by atoms with van der Waals surface area (Å²) in [5, 5.41) is 6.77. The first-order valence-electron chi connectivity index (χ1n) is 10.6. The molecule has 0 atom stereocenters. The Hall–Kier alpha value is -1.22. The van der Waals surface area contributed by atoms with Crippen molar-refractivity contribution in [3.63, 3.8) is 0 Å². The molecule has 0 aliphatic carbocycles. The lowest BCUT2D eigenvalue weighted by Crippen LogP contribution is -2.38. The van der Waals surface area contributed by atoms with Crippen LogP contribution >= 0.6 is 24.0 Å². The smallest absolute Gasteiger partial charge is 0.191 e. The highest BCUT2D eigenvalue weighted by molar-refractivity contribution is 14.0. The molecule has 0 bridgehead atoms. The zero-order chi connectivity index (χ0) is 20.2. The number of nitrogens with one attached hydrogen (secondary N) is 2. The maximum atomic E-state index is 5.37. The Morgan fingerprint density at radius 1 is 1.10 bits per heavy atom. The van der Waals surface area contributed by atoms with Crippen LogP contribution < -0.4 is 20.1 Å². The van der Waals surface area contributed by atoms with Crippen molar-refractivity contribution < 1.29 is 9.47 Å². The molecule has 1 aromatic rings. The van der Waals surface area contributed by atoms with Crippen LogP contribution in [0.25, 0.3) is 0 Å². The summed E-state index contributed by atoms with van der Waals surface area (Å²) in [6.45, 7) is 10.6. The van der Waals surface area contributed by atoms with E-state index >= 15 is 0 Å². The maximum absolute atomic E-state index is 5.37. The van der Waals surface area contributed by atoms with E-state index in [-0.39, 0.29) is 24.0 Å². The normalized spacial score (nSPS) is 15.5. The Balaban J connectivity index is 0.00000420. The van der Waals surface area contributed by atoms with Gasteiger partial charge >= 0.3 is 0 Å². The van der Waals surface area contributed by atoms with Gasteiger partial charge in [-0.15, -0.1) is 24.0 Å². The summed E-state index contributed by atoms with van der Waals surface area (Å²) in [7, 11) is 3.30. The number of ether oxygens (including phenoxy) is 2. The number of rotatable bonds is 10. The van der Waals surface area contributed by atoms with Gasteiger partial charge in [-0.25, -0.2) is 4.99 Å². The van der Waals surface area contributed by atoms with Crippen molar-refractivity contribution in [2.75, 3.05) is 46.9 Å². The van der Waals surface area contributed by atoms with Crippen LogP contribution in [0.3, 0.4) is 0 Å². The largest absolute Gasteiger partial charge is 0.493 e. The molecular formula is C22H39IN4O2. The molecule has 7 heteroatoms. The minimum atomic E-state index is 0. The summed E-state index contributed by atoms with van der Waals surface area (Å²) in [6, 6.07) is 5.92. The maximum Gasteiger partial charge on any atom is 0.191 e. The highest BCUT2D eigenvalue weighted by Crippen LogP contribution is 2.27. The molecule has 29 heavy (non-hydrogen) atoms. The minimum Gasteiger partial charge on any atom is -0.493 e. The number of unbranched alkanes of at least 4 members (excludes halogenated alkanes) is 1. The molecule has 166 valence electrons. The van der Waals surface area contributed by atoms with E-state index in [0.29, 0.717) is 6.54 Å². The molecule has 0 spiro atoms. The van der Waals surface area contributed by atoms with Gasteiger partial charge in [-0.3, -0.25) is 0 Å². The number of piperidine rings is 1. The fraction of sp³-hybridized carbons (Fsp3) is 0.682. The molecule has 0 unspecified atom stereocenters. The van der Waals surface area contributed by atoms with Crippen molar-refractivity contribution in [2.24, 2.45) is 10.9 Å². The number of aliphatic imine (C=N–C) groups is 1. The van der Waals surface area contributed by atoms with Gasteiger partial charge in [-0.1, -0.05) is 13.0 Å². The first-order valence-corrected chi connectivity index (χ1v) is 10.6. The SMILES string of the molecule is CCNC(=NCc1ccc(OC)c(OC)c1)NCCCCN1CCC(C)CC1.I. The third-order valence-electron chi connectivity index (χ3n) is 5.28. The van der Waals surface area contributed by atoms with Crippen LogP contribution in [-0.4, -0.2) is 57.8 Å². The minimum absolute atomic E-state index is 0. The number of methoxy groups -OCH3 is 2. The van der Waals surface area contributed by atoms with Gasteiger partial charge in [0.2, 0.25) is 0 Å². The summed E-state index contributed by atoms with van der Waals surface area (Å²) < 4.78 is 10.7. The molecule has 0 amide bonds. The van der Waals surface area contributed by atoms with Gasteiger partial charge in [0.1, 0.15) is 0 Å².